The summed E-state index contributed by atoms with van der Waals surface area (Å²) in [7, 11) is 1.75. The van der Waals surface area contributed by atoms with E-state index in [1.54, 1.807) is 24.3 Å². The largest absolute Gasteiger partial charge is 0.483 e. The minimum absolute atomic E-state index is 0.106. The van der Waals surface area contributed by atoms with Crippen molar-refractivity contribution in [2.75, 3.05) is 20.2 Å². The van der Waals surface area contributed by atoms with E-state index in [-0.39, 0.29) is 24.3 Å². The van der Waals surface area contributed by atoms with Gasteiger partial charge in [0.25, 0.3) is 5.91 Å². The number of benzene rings is 1. The van der Waals surface area contributed by atoms with E-state index in [2.05, 4.69) is 9.97 Å². The van der Waals surface area contributed by atoms with Crippen LogP contribution >= 0.6 is 0 Å². The molecular formula is C20H21N3O4. The van der Waals surface area contributed by atoms with Gasteiger partial charge in [-0.05, 0) is 25.0 Å². The van der Waals surface area contributed by atoms with Crippen molar-refractivity contribution in [1.82, 2.24) is 14.9 Å². The first-order chi connectivity index (χ1) is 13.2. The topological polar surface area (TPSA) is 77.7 Å². The molecule has 7 heteroatoms. The van der Waals surface area contributed by atoms with Gasteiger partial charge in [0.2, 0.25) is 5.89 Å². The summed E-state index contributed by atoms with van der Waals surface area (Å²) in [6, 6.07) is 7.66. The smallest absolute Gasteiger partial charge is 0.275 e. The Bertz CT molecular complexity index is 928. The molecule has 1 atom stereocenters. The van der Waals surface area contributed by atoms with Crippen LogP contribution in [0.5, 0.6) is 5.75 Å². The Hall–Kier alpha value is -2.93. The summed E-state index contributed by atoms with van der Waals surface area (Å²) in [5, 5.41) is 1.96. The first-order valence-electron chi connectivity index (χ1n) is 8.98. The molecule has 1 saturated heterocycles. The van der Waals surface area contributed by atoms with E-state index in [4.69, 9.17) is 13.9 Å². The molecule has 0 N–H and O–H groups in total. The van der Waals surface area contributed by atoms with Gasteiger partial charge in [0.1, 0.15) is 12.0 Å². The molecule has 3 heterocycles. The number of oxazole rings is 1. The van der Waals surface area contributed by atoms with Gasteiger partial charge in [0.05, 0.1) is 6.10 Å². The van der Waals surface area contributed by atoms with Gasteiger partial charge in [-0.25, -0.2) is 4.98 Å². The Morgan fingerprint density at radius 1 is 1.37 bits per heavy atom. The van der Waals surface area contributed by atoms with E-state index in [1.165, 1.54) is 6.26 Å². The second kappa shape index (κ2) is 7.75. The van der Waals surface area contributed by atoms with Crippen molar-refractivity contribution < 1.29 is 18.7 Å². The van der Waals surface area contributed by atoms with Gasteiger partial charge in [-0.15, -0.1) is 0 Å². The Morgan fingerprint density at radius 3 is 3.15 bits per heavy atom. The summed E-state index contributed by atoms with van der Waals surface area (Å²) in [5.41, 5.74) is 0.274. The summed E-state index contributed by atoms with van der Waals surface area (Å²) in [6.07, 6.45) is 7.02. The molecule has 4 rings (SSSR count). The van der Waals surface area contributed by atoms with E-state index in [9.17, 15) is 4.79 Å². The zero-order valence-corrected chi connectivity index (χ0v) is 15.1. The summed E-state index contributed by atoms with van der Waals surface area (Å²) >= 11 is 0. The Balaban J connectivity index is 1.39. The van der Waals surface area contributed by atoms with Crippen molar-refractivity contribution >= 4 is 16.7 Å². The zero-order chi connectivity index (χ0) is 18.6. The number of hydrogen-bond donors (Lipinski definition) is 0. The van der Waals surface area contributed by atoms with Crippen molar-refractivity contribution in [3.63, 3.8) is 0 Å². The molecular weight excluding hydrogens is 346 g/mol. The average molecular weight is 367 g/mol. The minimum Gasteiger partial charge on any atom is -0.483 e. The van der Waals surface area contributed by atoms with E-state index in [0.717, 1.165) is 36.0 Å². The lowest BCUT2D eigenvalue weighted by Crippen LogP contribution is -2.34. The molecule has 0 bridgehead atoms. The molecule has 0 radical (unpaired) electrons. The molecule has 0 aliphatic carbocycles. The Labute approximate surface area is 156 Å². The standard InChI is InChI=1S/C20H21N3O4/c1-23(11-15-5-3-9-25-15)20(24)17-12-27-19(22-17)13-26-18-6-2-4-14-10-21-8-7-16(14)18/h2,4,6-8,10,12,15H,3,5,9,11,13H2,1H3. The number of rotatable bonds is 6. The molecule has 3 aromatic rings. The second-order valence-corrected chi connectivity index (χ2v) is 6.59. The van der Waals surface area contributed by atoms with Crippen LogP contribution in [-0.2, 0) is 11.3 Å². The summed E-state index contributed by atoms with van der Waals surface area (Å²) in [4.78, 5) is 22.5. The highest BCUT2D eigenvalue weighted by Gasteiger charge is 2.23. The fourth-order valence-corrected chi connectivity index (χ4v) is 3.21. The summed E-state index contributed by atoms with van der Waals surface area (Å²) in [5.74, 6) is 0.892. The summed E-state index contributed by atoms with van der Waals surface area (Å²) < 4.78 is 16.8. The lowest BCUT2D eigenvalue weighted by molar-refractivity contribution is 0.0582. The number of nitrogens with zero attached hydrogens (tertiary/aromatic N) is 3. The quantitative estimate of drug-likeness (QED) is 0.666. The van der Waals surface area contributed by atoms with E-state index in [1.807, 2.05) is 24.3 Å². The summed E-state index contributed by atoms with van der Waals surface area (Å²) in [6.45, 7) is 1.47. The van der Waals surface area contributed by atoms with Crippen LogP contribution in [-0.4, -0.2) is 47.1 Å². The third-order valence-electron chi connectivity index (χ3n) is 4.61. The zero-order valence-electron chi connectivity index (χ0n) is 15.1. The van der Waals surface area contributed by atoms with Gasteiger partial charge in [0, 0.05) is 43.4 Å². The fraction of sp³-hybridized carbons (Fsp3) is 0.350. The second-order valence-electron chi connectivity index (χ2n) is 6.59. The number of hydrogen-bond acceptors (Lipinski definition) is 6. The molecule has 1 aromatic carbocycles. The molecule has 1 amide bonds. The highest BCUT2D eigenvalue weighted by molar-refractivity contribution is 5.91. The number of likely N-dealkylation sites (N-methyl/N-ethyl adjacent to an activating group) is 1. The third-order valence-corrected chi connectivity index (χ3v) is 4.61. The Morgan fingerprint density at radius 2 is 2.30 bits per heavy atom. The normalized spacial score (nSPS) is 16.6. The lowest BCUT2D eigenvalue weighted by atomic mass is 10.1. The molecule has 0 spiro atoms. The van der Waals surface area contributed by atoms with E-state index >= 15 is 0 Å². The van der Waals surface area contributed by atoms with Crippen LogP contribution in [0.4, 0.5) is 0 Å². The van der Waals surface area contributed by atoms with Crippen LogP contribution in [0.1, 0.15) is 29.2 Å². The number of carbonyl (C=O) groups is 1. The Kier molecular flexibility index (Phi) is 5.02. The molecule has 7 nitrogen and oxygen atoms in total. The van der Waals surface area contributed by atoms with Gasteiger partial charge in [-0.3, -0.25) is 9.78 Å². The van der Waals surface area contributed by atoms with Gasteiger partial charge < -0.3 is 18.8 Å². The number of amides is 1. The molecule has 1 unspecified atom stereocenters. The van der Waals surface area contributed by atoms with Crippen LogP contribution in [0.2, 0.25) is 0 Å². The van der Waals surface area contributed by atoms with Gasteiger partial charge in [-0.2, -0.15) is 0 Å². The van der Waals surface area contributed by atoms with Crippen LogP contribution in [0, 0.1) is 0 Å². The number of ether oxygens (including phenoxy) is 2. The molecule has 0 saturated carbocycles. The van der Waals surface area contributed by atoms with Crippen LogP contribution in [0.15, 0.2) is 47.3 Å². The predicted molar refractivity (Wildman–Crippen MR) is 98.5 cm³/mol. The van der Waals surface area contributed by atoms with Gasteiger partial charge in [0.15, 0.2) is 12.3 Å². The molecule has 140 valence electrons. The maximum Gasteiger partial charge on any atom is 0.275 e. The first kappa shape index (κ1) is 17.5. The highest BCUT2D eigenvalue weighted by atomic mass is 16.5. The molecule has 2 aromatic heterocycles. The number of aromatic nitrogens is 2. The predicted octanol–water partition coefficient (Wildman–Crippen LogP) is 3.05. The molecule has 1 aliphatic heterocycles. The number of fused-ring (bicyclic) bond motifs is 1. The van der Waals surface area contributed by atoms with Crippen molar-refractivity contribution in [3.05, 3.63) is 54.5 Å². The average Bonchev–Trinajstić information content (AvgIpc) is 3.37. The number of pyridine rings is 1. The molecule has 27 heavy (non-hydrogen) atoms. The lowest BCUT2D eigenvalue weighted by Gasteiger charge is -2.19. The monoisotopic (exact) mass is 367 g/mol. The fourth-order valence-electron chi connectivity index (χ4n) is 3.21. The van der Waals surface area contributed by atoms with Crippen LogP contribution in [0.3, 0.4) is 0 Å². The van der Waals surface area contributed by atoms with Crippen LogP contribution < -0.4 is 4.74 Å². The highest BCUT2D eigenvalue weighted by Crippen LogP contribution is 2.25. The molecule has 1 aliphatic rings. The molecule has 1 fully saturated rings. The van der Waals surface area contributed by atoms with Crippen molar-refractivity contribution in [3.8, 4) is 5.75 Å². The van der Waals surface area contributed by atoms with Crippen LogP contribution in [0.25, 0.3) is 10.8 Å². The SMILES string of the molecule is CN(CC1CCCO1)C(=O)c1coc(COc2cccc3cnccc23)n1. The van der Waals surface area contributed by atoms with Gasteiger partial charge >= 0.3 is 0 Å². The van der Waals surface area contributed by atoms with Crippen molar-refractivity contribution in [2.45, 2.75) is 25.6 Å². The van der Waals surface area contributed by atoms with E-state index in [0.29, 0.717) is 12.4 Å². The van der Waals surface area contributed by atoms with Crippen molar-refractivity contribution in [2.24, 2.45) is 0 Å². The first-order valence-corrected chi connectivity index (χ1v) is 8.98. The minimum atomic E-state index is -0.184. The van der Waals surface area contributed by atoms with E-state index < -0.39 is 0 Å². The maximum atomic E-state index is 12.5. The van der Waals surface area contributed by atoms with Gasteiger partial charge in [-0.1, -0.05) is 12.1 Å². The number of carbonyl (C=O) groups excluding carboxylic acids is 1. The maximum absolute atomic E-state index is 12.5. The third kappa shape index (κ3) is 3.93. The van der Waals surface area contributed by atoms with Crippen molar-refractivity contribution in [1.29, 1.82) is 0 Å².